The van der Waals surface area contributed by atoms with Crippen molar-refractivity contribution in [1.29, 1.82) is 0 Å². The molecule has 0 bridgehead atoms. The molecule has 100 valence electrons. The predicted octanol–water partition coefficient (Wildman–Crippen LogP) is 2.01. The largest absolute Gasteiger partial charge is 0.492 e. The van der Waals surface area contributed by atoms with E-state index in [1.807, 2.05) is 24.3 Å². The molecule has 19 heavy (non-hydrogen) atoms. The highest BCUT2D eigenvalue weighted by atomic mass is 79.9. The zero-order valence-corrected chi connectivity index (χ0v) is 12.4. The Morgan fingerprint density at radius 3 is 3.05 bits per heavy atom. The van der Waals surface area contributed by atoms with Crippen molar-refractivity contribution in [2.24, 2.45) is 10.2 Å². The second-order valence-corrected chi connectivity index (χ2v) is 5.32. The van der Waals surface area contributed by atoms with Gasteiger partial charge >= 0.3 is 0 Å². The second kappa shape index (κ2) is 7.30. The summed E-state index contributed by atoms with van der Waals surface area (Å²) in [5.74, 6) is 1.12. The minimum absolute atomic E-state index is 0.0417. The summed E-state index contributed by atoms with van der Waals surface area (Å²) in [6.07, 6.45) is 1.61. The minimum Gasteiger partial charge on any atom is -0.492 e. The number of thioether (sulfide) groups is 1. The van der Waals surface area contributed by atoms with Gasteiger partial charge in [-0.25, -0.2) is 0 Å². The fourth-order valence-corrected chi connectivity index (χ4v) is 2.18. The molecule has 7 heteroatoms. The smallest absolute Gasteiger partial charge is 0.236 e. The van der Waals surface area contributed by atoms with Crippen LogP contribution in [0.3, 0.4) is 0 Å². The number of alkyl halides is 1. The maximum absolute atomic E-state index is 11.0. The van der Waals surface area contributed by atoms with Gasteiger partial charge in [-0.1, -0.05) is 39.8 Å². The first-order valence-electron chi connectivity index (χ1n) is 5.61. The SMILES string of the molecule is O=C1CSC(=NN=Cc2ccccc2OCCBr)N1. The van der Waals surface area contributed by atoms with Crippen LogP contribution in [0.1, 0.15) is 5.56 Å². The molecule has 1 heterocycles. The number of carbonyl (C=O) groups excluding carboxylic acids is 1. The van der Waals surface area contributed by atoms with Gasteiger partial charge in [-0.3, -0.25) is 4.79 Å². The van der Waals surface area contributed by atoms with E-state index >= 15 is 0 Å². The number of amidine groups is 1. The topological polar surface area (TPSA) is 63.0 Å². The summed E-state index contributed by atoms with van der Waals surface area (Å²) in [6.45, 7) is 0.589. The van der Waals surface area contributed by atoms with Gasteiger partial charge in [0.1, 0.15) is 5.75 Å². The van der Waals surface area contributed by atoms with Crippen molar-refractivity contribution in [3.05, 3.63) is 29.8 Å². The van der Waals surface area contributed by atoms with Gasteiger partial charge in [-0.05, 0) is 12.1 Å². The molecular formula is C12H12BrN3O2S. The fourth-order valence-electron chi connectivity index (χ4n) is 1.39. The molecule has 5 nitrogen and oxygen atoms in total. The molecule has 1 aromatic carbocycles. The normalized spacial score (nSPS) is 17.1. The number of halogens is 1. The number of ether oxygens (including phenoxy) is 1. The molecule has 0 atom stereocenters. The van der Waals surface area contributed by atoms with Gasteiger partial charge in [0.15, 0.2) is 5.17 Å². The number of rotatable bonds is 5. The molecule has 1 aliphatic rings. The van der Waals surface area contributed by atoms with Gasteiger partial charge in [-0.2, -0.15) is 5.10 Å². The summed E-state index contributed by atoms with van der Waals surface area (Å²) in [6, 6.07) is 7.58. The first-order valence-corrected chi connectivity index (χ1v) is 7.72. The third-order valence-corrected chi connectivity index (χ3v) is 3.37. The molecule has 0 radical (unpaired) electrons. The lowest BCUT2D eigenvalue weighted by atomic mass is 10.2. The van der Waals surface area contributed by atoms with Gasteiger partial charge in [0.2, 0.25) is 5.91 Å². The lowest BCUT2D eigenvalue weighted by molar-refractivity contribution is -0.116. The van der Waals surface area contributed by atoms with Crippen LogP contribution in [0.2, 0.25) is 0 Å². The molecule has 1 N–H and O–H groups in total. The van der Waals surface area contributed by atoms with Crippen LogP contribution in [0.4, 0.5) is 0 Å². The van der Waals surface area contributed by atoms with Crippen LogP contribution < -0.4 is 10.1 Å². The number of amides is 1. The van der Waals surface area contributed by atoms with E-state index in [0.717, 1.165) is 16.6 Å². The van der Waals surface area contributed by atoms with Gasteiger partial charge in [0, 0.05) is 10.9 Å². The molecule has 0 unspecified atom stereocenters. The third kappa shape index (κ3) is 4.36. The lowest BCUT2D eigenvalue weighted by Crippen LogP contribution is -2.19. The Kier molecular flexibility index (Phi) is 5.41. The number of nitrogens with one attached hydrogen (secondary N) is 1. The molecule has 1 aliphatic heterocycles. The van der Waals surface area contributed by atoms with Gasteiger partial charge < -0.3 is 10.1 Å². The Morgan fingerprint density at radius 2 is 2.32 bits per heavy atom. The number of nitrogens with zero attached hydrogens (tertiary/aromatic N) is 2. The Morgan fingerprint density at radius 1 is 1.47 bits per heavy atom. The molecular weight excluding hydrogens is 330 g/mol. The van der Waals surface area contributed by atoms with Gasteiger partial charge in [0.25, 0.3) is 0 Å². The maximum Gasteiger partial charge on any atom is 0.236 e. The van der Waals surface area contributed by atoms with Gasteiger partial charge in [0.05, 0.1) is 18.6 Å². The molecule has 2 rings (SSSR count). The first kappa shape index (κ1) is 14.1. The predicted molar refractivity (Wildman–Crippen MR) is 81.4 cm³/mol. The summed E-state index contributed by atoms with van der Waals surface area (Å²) >= 11 is 4.65. The highest BCUT2D eigenvalue weighted by Crippen LogP contribution is 2.16. The molecule has 1 saturated heterocycles. The molecule has 0 aromatic heterocycles. The highest BCUT2D eigenvalue weighted by Gasteiger charge is 2.15. The van der Waals surface area contributed by atoms with Crippen molar-refractivity contribution in [2.75, 3.05) is 17.7 Å². The monoisotopic (exact) mass is 341 g/mol. The molecule has 0 aliphatic carbocycles. The molecule has 1 fully saturated rings. The maximum atomic E-state index is 11.0. The molecule has 0 saturated carbocycles. The Balaban J connectivity index is 2.03. The van der Waals surface area contributed by atoms with Crippen LogP contribution in [-0.4, -0.2) is 35.0 Å². The van der Waals surface area contributed by atoms with E-state index in [9.17, 15) is 4.79 Å². The number of hydrogen-bond donors (Lipinski definition) is 1. The van der Waals surface area contributed by atoms with E-state index in [0.29, 0.717) is 17.5 Å². The average Bonchev–Trinajstić information content (AvgIpc) is 2.83. The second-order valence-electron chi connectivity index (χ2n) is 3.56. The van der Waals surface area contributed by atoms with E-state index in [4.69, 9.17) is 4.74 Å². The zero-order valence-electron chi connectivity index (χ0n) is 10.0. The Bertz CT molecular complexity index is 519. The van der Waals surface area contributed by atoms with Crippen LogP contribution in [0, 0.1) is 0 Å². The van der Waals surface area contributed by atoms with Gasteiger partial charge in [-0.15, -0.1) is 5.10 Å². The van der Waals surface area contributed by atoms with Crippen molar-refractivity contribution in [2.45, 2.75) is 0 Å². The zero-order chi connectivity index (χ0) is 13.5. The number of carbonyl (C=O) groups is 1. The summed E-state index contributed by atoms with van der Waals surface area (Å²) < 4.78 is 5.56. The standard InChI is InChI=1S/C12H12BrN3O2S/c13-5-6-18-10-4-2-1-3-9(10)7-14-16-12-15-11(17)8-19-12/h1-4,7H,5-6,8H2,(H,15,16,17). The lowest BCUT2D eigenvalue weighted by Gasteiger charge is -2.06. The number of benzene rings is 1. The van der Waals surface area contributed by atoms with E-state index < -0.39 is 0 Å². The van der Waals surface area contributed by atoms with E-state index in [2.05, 4.69) is 31.4 Å². The third-order valence-electron chi connectivity index (χ3n) is 2.19. The van der Waals surface area contributed by atoms with Crippen LogP contribution in [-0.2, 0) is 4.79 Å². The van der Waals surface area contributed by atoms with Crippen molar-refractivity contribution >= 4 is 45.0 Å². The Hall–Kier alpha value is -1.34. The van der Waals surface area contributed by atoms with E-state index in [1.165, 1.54) is 11.8 Å². The number of hydrogen-bond acceptors (Lipinski definition) is 5. The van der Waals surface area contributed by atoms with Crippen molar-refractivity contribution < 1.29 is 9.53 Å². The quantitative estimate of drug-likeness (QED) is 0.506. The average molecular weight is 342 g/mol. The summed E-state index contributed by atoms with van der Waals surface area (Å²) in [4.78, 5) is 11.0. The minimum atomic E-state index is -0.0417. The van der Waals surface area contributed by atoms with Crippen LogP contribution in [0.25, 0.3) is 0 Å². The molecule has 0 spiro atoms. The highest BCUT2D eigenvalue weighted by molar-refractivity contribution is 9.09. The summed E-state index contributed by atoms with van der Waals surface area (Å²) in [5, 5.41) is 11.8. The molecule has 1 amide bonds. The van der Waals surface area contributed by atoms with Crippen LogP contribution in [0.15, 0.2) is 34.5 Å². The van der Waals surface area contributed by atoms with Crippen molar-refractivity contribution in [3.63, 3.8) is 0 Å². The van der Waals surface area contributed by atoms with E-state index in [-0.39, 0.29) is 5.91 Å². The Labute approximate surface area is 123 Å². The molecule has 1 aromatic rings. The van der Waals surface area contributed by atoms with Crippen LogP contribution in [0.5, 0.6) is 5.75 Å². The van der Waals surface area contributed by atoms with Crippen LogP contribution >= 0.6 is 27.7 Å². The number of para-hydroxylation sites is 1. The fraction of sp³-hybridized carbons (Fsp3) is 0.250. The first-order chi connectivity index (χ1) is 9.29. The van der Waals surface area contributed by atoms with E-state index in [1.54, 1.807) is 6.21 Å². The van der Waals surface area contributed by atoms with Crippen molar-refractivity contribution in [3.8, 4) is 5.75 Å². The summed E-state index contributed by atoms with van der Waals surface area (Å²) in [7, 11) is 0. The van der Waals surface area contributed by atoms with Crippen molar-refractivity contribution in [1.82, 2.24) is 5.32 Å². The summed E-state index contributed by atoms with van der Waals surface area (Å²) in [5.41, 5.74) is 0.849.